The number of hydrogen-bond acceptors (Lipinski definition) is 8. The minimum Gasteiger partial charge on any atom is -0.465 e. The monoisotopic (exact) mass is 586 g/mol. The predicted octanol–water partition coefficient (Wildman–Crippen LogP) is 8.07. The molecule has 1 fully saturated rings. The van der Waals surface area contributed by atoms with Crippen LogP contribution in [0.15, 0.2) is 40.9 Å². The molecule has 0 spiro atoms. The Hall–Kier alpha value is -2.65. The fraction of sp³-hybridized carbons (Fsp3) is 0.414. The Bertz CT molecular complexity index is 1450. The third kappa shape index (κ3) is 6.24. The zero-order valence-electron chi connectivity index (χ0n) is 22.2. The van der Waals surface area contributed by atoms with E-state index >= 15 is 0 Å². The summed E-state index contributed by atoms with van der Waals surface area (Å²) in [7, 11) is 1.39. The minimum atomic E-state index is -0.347. The molecule has 2 atom stereocenters. The number of hydrogen-bond donors (Lipinski definition) is 2. The number of fused-ring (bicyclic) bond motifs is 1. The topological polar surface area (TPSA) is 89.3 Å². The van der Waals surface area contributed by atoms with Gasteiger partial charge in [-0.3, -0.25) is 0 Å². The van der Waals surface area contributed by atoms with E-state index in [4.69, 9.17) is 37.4 Å². The van der Waals surface area contributed by atoms with Crippen molar-refractivity contribution in [1.82, 2.24) is 15.5 Å². The molecule has 0 saturated heterocycles. The molecule has 0 radical (unpaired) electrons. The third-order valence-corrected chi connectivity index (χ3v) is 8.80. The van der Waals surface area contributed by atoms with Crippen LogP contribution in [0.2, 0.25) is 10.0 Å². The average molecular weight is 588 g/mol. The minimum absolute atomic E-state index is 0.228. The highest BCUT2D eigenvalue weighted by atomic mass is 35.5. The van der Waals surface area contributed by atoms with Crippen LogP contribution in [0.25, 0.3) is 21.5 Å². The summed E-state index contributed by atoms with van der Waals surface area (Å²) in [6.45, 7) is 4.99. The number of thiazole rings is 1. The highest BCUT2D eigenvalue weighted by Crippen LogP contribution is 2.45. The molecule has 4 aromatic rings. The number of carbonyl (C=O) groups excluding carboxylic acids is 1. The first-order valence-corrected chi connectivity index (χ1v) is 14.9. The predicted molar refractivity (Wildman–Crippen MR) is 158 cm³/mol. The van der Waals surface area contributed by atoms with Crippen molar-refractivity contribution in [2.75, 3.05) is 12.4 Å². The second-order valence-corrected chi connectivity index (χ2v) is 11.8. The van der Waals surface area contributed by atoms with E-state index in [2.05, 4.69) is 29.6 Å². The van der Waals surface area contributed by atoms with Crippen molar-refractivity contribution in [2.24, 2.45) is 0 Å². The molecule has 1 saturated carbocycles. The molecule has 7 nitrogen and oxygen atoms in total. The van der Waals surface area contributed by atoms with Crippen LogP contribution < -0.4 is 10.6 Å². The summed E-state index contributed by atoms with van der Waals surface area (Å²) in [5, 5.41) is 13.8. The van der Waals surface area contributed by atoms with Crippen LogP contribution in [0.3, 0.4) is 0 Å². The Morgan fingerprint density at radius 2 is 1.90 bits per heavy atom. The molecule has 10 heteroatoms. The van der Waals surface area contributed by atoms with E-state index in [1.54, 1.807) is 17.4 Å². The highest BCUT2D eigenvalue weighted by molar-refractivity contribution is 7.22. The molecule has 0 aliphatic heterocycles. The molecule has 2 unspecified atom stereocenters. The van der Waals surface area contributed by atoms with Crippen molar-refractivity contribution in [3.8, 4) is 11.3 Å². The van der Waals surface area contributed by atoms with E-state index in [0.717, 1.165) is 70.0 Å². The van der Waals surface area contributed by atoms with Gasteiger partial charge in [0.05, 0.1) is 32.9 Å². The van der Waals surface area contributed by atoms with Gasteiger partial charge in [0.15, 0.2) is 5.13 Å². The quantitative estimate of drug-likeness (QED) is 0.162. The molecule has 5 rings (SSSR count). The third-order valence-electron chi connectivity index (χ3n) is 7.23. The van der Waals surface area contributed by atoms with E-state index < -0.39 is 0 Å². The molecule has 2 heterocycles. The fourth-order valence-electron chi connectivity index (χ4n) is 4.80. The number of nitrogens with zero attached hydrogens (tertiary/aromatic N) is 2. The number of methoxy groups -OCH3 is 1. The van der Waals surface area contributed by atoms with Crippen molar-refractivity contribution in [3.63, 3.8) is 0 Å². The molecule has 0 bridgehead atoms. The van der Waals surface area contributed by atoms with Gasteiger partial charge in [-0.1, -0.05) is 59.6 Å². The van der Waals surface area contributed by atoms with E-state index in [-0.39, 0.29) is 18.1 Å². The van der Waals surface area contributed by atoms with Crippen LogP contribution in [0.4, 0.5) is 5.13 Å². The summed E-state index contributed by atoms with van der Waals surface area (Å²) in [5.74, 6) is 1.00. The van der Waals surface area contributed by atoms with E-state index in [1.807, 2.05) is 30.3 Å². The maximum Gasteiger partial charge on any atom is 0.337 e. The Labute approximate surface area is 242 Å². The number of halogens is 2. The zero-order valence-corrected chi connectivity index (χ0v) is 24.6. The van der Waals surface area contributed by atoms with Gasteiger partial charge >= 0.3 is 5.97 Å². The van der Waals surface area contributed by atoms with Crippen molar-refractivity contribution in [2.45, 2.75) is 70.5 Å². The van der Waals surface area contributed by atoms with Gasteiger partial charge in [0.25, 0.3) is 0 Å². The smallest absolute Gasteiger partial charge is 0.337 e. The Morgan fingerprint density at radius 3 is 2.56 bits per heavy atom. The first-order chi connectivity index (χ1) is 18.9. The molecule has 2 aromatic heterocycles. The summed E-state index contributed by atoms with van der Waals surface area (Å²) in [6.07, 6.45) is 5.05. The second kappa shape index (κ2) is 12.3. The molecule has 39 heavy (non-hydrogen) atoms. The summed E-state index contributed by atoms with van der Waals surface area (Å²) >= 11 is 14.6. The van der Waals surface area contributed by atoms with Crippen LogP contribution in [-0.4, -0.2) is 35.3 Å². The number of rotatable bonds is 12. The standard InChI is InChI=1S/C29H32Cl2N4O3S/c1-4-18(14-19(5-2)33-29-34-23-12-11-17(28(36)37-3)13-24(23)39-29)32-15-20-26(35-38-27(20)16-9-10-16)25-21(30)7-6-8-22(25)31/h6-8,11-13,16,18-19,32H,4-5,9-10,14-15H2,1-3H3,(H,33,34). The van der Waals surface area contributed by atoms with Gasteiger partial charge in [-0.2, -0.15) is 0 Å². The first-order valence-electron chi connectivity index (χ1n) is 13.3. The van der Waals surface area contributed by atoms with E-state index in [1.165, 1.54) is 7.11 Å². The number of esters is 1. The molecule has 0 amide bonds. The number of aromatic nitrogens is 2. The molecule has 1 aliphatic rings. The molecule has 2 N–H and O–H groups in total. The van der Waals surface area contributed by atoms with Crippen molar-refractivity contribution in [3.05, 3.63) is 63.3 Å². The maximum absolute atomic E-state index is 11.9. The lowest BCUT2D eigenvalue weighted by atomic mass is 10.0. The largest absolute Gasteiger partial charge is 0.465 e. The summed E-state index contributed by atoms with van der Waals surface area (Å²) in [5.41, 5.74) is 3.88. The van der Waals surface area contributed by atoms with E-state index in [0.29, 0.717) is 28.1 Å². The average Bonchev–Trinajstić information content (AvgIpc) is 3.58. The van der Waals surface area contributed by atoms with Gasteiger partial charge in [-0.25, -0.2) is 9.78 Å². The van der Waals surface area contributed by atoms with Crippen LogP contribution >= 0.6 is 34.5 Å². The Balaban J connectivity index is 1.29. The number of benzene rings is 2. The maximum atomic E-state index is 11.9. The molecule has 1 aliphatic carbocycles. The summed E-state index contributed by atoms with van der Waals surface area (Å²) in [6, 6.07) is 11.4. The zero-order chi connectivity index (χ0) is 27.5. The molecular formula is C29H32Cl2N4O3S. The van der Waals surface area contributed by atoms with Crippen LogP contribution in [0.1, 0.15) is 73.6 Å². The second-order valence-electron chi connectivity index (χ2n) is 9.91. The lowest BCUT2D eigenvalue weighted by molar-refractivity contribution is 0.0601. The van der Waals surface area contributed by atoms with Crippen LogP contribution in [-0.2, 0) is 11.3 Å². The number of carbonyl (C=O) groups is 1. The number of anilines is 1. The SMILES string of the molecule is CCC(CC(CC)Nc1nc2ccc(C(=O)OC)cc2s1)NCc1c(-c2c(Cl)cccc2Cl)noc1C1CC1. The Kier molecular flexibility index (Phi) is 8.76. The van der Waals surface area contributed by atoms with Gasteiger partial charge in [-0.05, 0) is 62.4 Å². The van der Waals surface area contributed by atoms with Gasteiger partial charge in [0, 0.05) is 35.7 Å². The van der Waals surface area contributed by atoms with Gasteiger partial charge in [0.1, 0.15) is 11.5 Å². The molecular weight excluding hydrogens is 555 g/mol. The van der Waals surface area contributed by atoms with Crippen LogP contribution in [0, 0.1) is 0 Å². The number of ether oxygens (including phenoxy) is 1. The Morgan fingerprint density at radius 1 is 1.15 bits per heavy atom. The van der Waals surface area contributed by atoms with Gasteiger partial charge in [-0.15, -0.1) is 0 Å². The van der Waals surface area contributed by atoms with Crippen LogP contribution in [0.5, 0.6) is 0 Å². The van der Waals surface area contributed by atoms with Gasteiger partial charge < -0.3 is 19.9 Å². The van der Waals surface area contributed by atoms with Crippen molar-refractivity contribution >= 4 is 55.9 Å². The normalized spacial score (nSPS) is 14.9. The lowest BCUT2D eigenvalue weighted by Crippen LogP contribution is -2.34. The number of nitrogens with one attached hydrogen (secondary N) is 2. The lowest BCUT2D eigenvalue weighted by Gasteiger charge is -2.24. The molecule has 206 valence electrons. The highest BCUT2D eigenvalue weighted by Gasteiger charge is 2.33. The van der Waals surface area contributed by atoms with Gasteiger partial charge in [0.2, 0.25) is 0 Å². The summed E-state index contributed by atoms with van der Waals surface area (Å²) < 4.78 is 11.6. The van der Waals surface area contributed by atoms with Crippen molar-refractivity contribution in [1.29, 1.82) is 0 Å². The first kappa shape index (κ1) is 27.9. The molecule has 2 aromatic carbocycles. The van der Waals surface area contributed by atoms with E-state index in [9.17, 15) is 4.79 Å². The fourth-order valence-corrected chi connectivity index (χ4v) is 6.36. The summed E-state index contributed by atoms with van der Waals surface area (Å²) in [4.78, 5) is 16.6. The van der Waals surface area contributed by atoms with Crippen molar-refractivity contribution < 1.29 is 14.1 Å².